The predicted molar refractivity (Wildman–Crippen MR) is 66.0 cm³/mol. The van der Waals surface area contributed by atoms with Gasteiger partial charge in [-0.15, -0.1) is 0 Å². The summed E-state index contributed by atoms with van der Waals surface area (Å²) in [5, 5.41) is 20.1. The highest BCUT2D eigenvalue weighted by Crippen LogP contribution is 2.27. The third kappa shape index (κ3) is 3.26. The molecule has 0 aliphatic heterocycles. The molecule has 0 aromatic heterocycles. The van der Waals surface area contributed by atoms with Crippen LogP contribution in [0, 0.1) is 21.4 Å². The van der Waals surface area contributed by atoms with E-state index in [-0.39, 0.29) is 36.4 Å². The molecule has 0 saturated carbocycles. The summed E-state index contributed by atoms with van der Waals surface area (Å²) in [6.45, 7) is 1.85. The third-order valence-corrected chi connectivity index (χ3v) is 2.50. The van der Waals surface area contributed by atoms with Crippen LogP contribution in [0.5, 0.6) is 0 Å². The Hall–Kier alpha value is -2.46. The monoisotopic (exact) mass is 263 g/mol. The number of benzene rings is 1. The highest BCUT2D eigenvalue weighted by molar-refractivity contribution is 5.75. The van der Waals surface area contributed by atoms with Crippen LogP contribution in [0.2, 0.25) is 0 Å². The van der Waals surface area contributed by atoms with Crippen LogP contribution in [0.1, 0.15) is 23.6 Å². The first-order chi connectivity index (χ1) is 9.04. The lowest BCUT2D eigenvalue weighted by atomic mass is 10.00. The number of nitro benzene ring substituents is 1. The van der Waals surface area contributed by atoms with E-state index in [4.69, 9.17) is 15.7 Å². The van der Waals surface area contributed by atoms with Crippen molar-refractivity contribution in [2.45, 2.75) is 19.9 Å². The van der Waals surface area contributed by atoms with Gasteiger partial charge in [-0.3, -0.25) is 14.9 Å². The molecule has 0 heterocycles. The minimum atomic E-state index is -0.674. The first-order valence-electron chi connectivity index (χ1n) is 5.60. The fourth-order valence-electron chi connectivity index (χ4n) is 1.69. The molecule has 0 unspecified atom stereocenters. The van der Waals surface area contributed by atoms with Crippen molar-refractivity contribution < 1.29 is 14.5 Å². The lowest BCUT2D eigenvalue weighted by molar-refractivity contribution is -0.385. The SMILES string of the molecule is CCOC(=O)Cc1ccc(CN)c(C#N)c1[N+](=O)[O-]. The third-order valence-electron chi connectivity index (χ3n) is 2.50. The normalized spacial score (nSPS) is 9.74. The van der Waals surface area contributed by atoms with Gasteiger partial charge in [0.25, 0.3) is 5.69 Å². The molecule has 0 bridgehead atoms. The summed E-state index contributed by atoms with van der Waals surface area (Å²) in [5.41, 5.74) is 5.48. The van der Waals surface area contributed by atoms with Crippen molar-refractivity contribution in [1.29, 1.82) is 5.26 Å². The van der Waals surface area contributed by atoms with Crippen LogP contribution in [0.3, 0.4) is 0 Å². The van der Waals surface area contributed by atoms with Crippen molar-refractivity contribution in [3.05, 3.63) is 38.9 Å². The molecular formula is C12H13N3O4. The van der Waals surface area contributed by atoms with Crippen LogP contribution in [-0.4, -0.2) is 17.5 Å². The zero-order chi connectivity index (χ0) is 14.4. The van der Waals surface area contributed by atoms with Crippen LogP contribution in [-0.2, 0) is 22.5 Å². The molecule has 0 fully saturated rings. The fraction of sp³-hybridized carbons (Fsp3) is 0.333. The Kier molecular flexibility index (Phi) is 4.97. The topological polar surface area (TPSA) is 119 Å². The molecule has 0 amide bonds. The van der Waals surface area contributed by atoms with Crippen molar-refractivity contribution >= 4 is 11.7 Å². The van der Waals surface area contributed by atoms with E-state index in [1.54, 1.807) is 13.0 Å². The Labute approximate surface area is 109 Å². The van der Waals surface area contributed by atoms with E-state index in [2.05, 4.69) is 0 Å². The van der Waals surface area contributed by atoms with Crippen molar-refractivity contribution in [3.8, 4) is 6.07 Å². The number of rotatable bonds is 5. The number of nitro groups is 1. The van der Waals surface area contributed by atoms with Gasteiger partial charge in [0.2, 0.25) is 0 Å². The van der Waals surface area contributed by atoms with Crippen LogP contribution in [0.25, 0.3) is 0 Å². The van der Waals surface area contributed by atoms with Crippen LogP contribution >= 0.6 is 0 Å². The Balaban J connectivity index is 3.29. The number of nitriles is 1. The number of hydrogen-bond acceptors (Lipinski definition) is 6. The summed E-state index contributed by atoms with van der Waals surface area (Å²) < 4.78 is 4.74. The summed E-state index contributed by atoms with van der Waals surface area (Å²) in [5.74, 6) is -0.574. The van der Waals surface area contributed by atoms with Crippen molar-refractivity contribution in [3.63, 3.8) is 0 Å². The summed E-state index contributed by atoms with van der Waals surface area (Å²) in [6, 6.07) is 4.71. The molecule has 7 heteroatoms. The van der Waals surface area contributed by atoms with E-state index in [0.717, 1.165) is 0 Å². The lowest BCUT2D eigenvalue weighted by Crippen LogP contribution is -2.11. The summed E-state index contributed by atoms with van der Waals surface area (Å²) in [6.07, 6.45) is -0.246. The first kappa shape index (κ1) is 14.6. The molecule has 2 N–H and O–H groups in total. The molecule has 0 spiro atoms. The molecule has 0 radical (unpaired) electrons. The van der Waals surface area contributed by atoms with Crippen molar-refractivity contribution in [2.24, 2.45) is 5.73 Å². The van der Waals surface area contributed by atoms with Gasteiger partial charge < -0.3 is 10.5 Å². The molecule has 1 aromatic carbocycles. The second-order valence-corrected chi connectivity index (χ2v) is 3.66. The molecule has 1 rings (SSSR count). The molecular weight excluding hydrogens is 250 g/mol. The smallest absolute Gasteiger partial charge is 0.310 e. The van der Waals surface area contributed by atoms with E-state index >= 15 is 0 Å². The zero-order valence-corrected chi connectivity index (χ0v) is 10.4. The quantitative estimate of drug-likeness (QED) is 0.481. The predicted octanol–water partition coefficient (Wildman–Crippen LogP) is 1.03. The molecule has 19 heavy (non-hydrogen) atoms. The summed E-state index contributed by atoms with van der Waals surface area (Å²) in [4.78, 5) is 21.8. The van der Waals surface area contributed by atoms with Gasteiger partial charge in [-0.05, 0) is 12.5 Å². The van der Waals surface area contributed by atoms with Gasteiger partial charge in [-0.25, -0.2) is 0 Å². The largest absolute Gasteiger partial charge is 0.466 e. The van der Waals surface area contributed by atoms with Gasteiger partial charge in [-0.2, -0.15) is 5.26 Å². The van der Waals surface area contributed by atoms with Crippen LogP contribution in [0.4, 0.5) is 5.69 Å². The molecule has 100 valence electrons. The van der Waals surface area contributed by atoms with Crippen molar-refractivity contribution in [1.82, 2.24) is 0 Å². The molecule has 0 aliphatic carbocycles. The fourth-order valence-corrected chi connectivity index (χ4v) is 1.69. The lowest BCUT2D eigenvalue weighted by Gasteiger charge is -2.07. The summed E-state index contributed by atoms with van der Waals surface area (Å²) >= 11 is 0. The van der Waals surface area contributed by atoms with Gasteiger partial charge in [0.05, 0.1) is 18.0 Å². The first-order valence-corrected chi connectivity index (χ1v) is 5.60. The van der Waals surface area contributed by atoms with E-state index in [1.807, 2.05) is 0 Å². The maximum absolute atomic E-state index is 11.4. The summed E-state index contributed by atoms with van der Waals surface area (Å²) in [7, 11) is 0. The minimum Gasteiger partial charge on any atom is -0.466 e. The Morgan fingerprint density at radius 1 is 1.53 bits per heavy atom. The highest BCUT2D eigenvalue weighted by Gasteiger charge is 2.24. The van der Waals surface area contributed by atoms with Crippen molar-refractivity contribution in [2.75, 3.05) is 6.61 Å². The van der Waals surface area contributed by atoms with Crippen LogP contribution in [0.15, 0.2) is 12.1 Å². The Morgan fingerprint density at radius 3 is 2.63 bits per heavy atom. The molecule has 0 saturated heterocycles. The maximum atomic E-state index is 11.4. The van der Waals surface area contributed by atoms with Gasteiger partial charge in [0, 0.05) is 12.1 Å². The average Bonchev–Trinajstić information content (AvgIpc) is 2.37. The van der Waals surface area contributed by atoms with Gasteiger partial charge in [0.1, 0.15) is 11.6 Å². The Morgan fingerprint density at radius 2 is 2.16 bits per heavy atom. The van der Waals surface area contributed by atoms with E-state index in [9.17, 15) is 14.9 Å². The number of carbonyl (C=O) groups excluding carboxylic acids is 1. The van der Waals surface area contributed by atoms with E-state index in [0.29, 0.717) is 5.56 Å². The Bertz CT molecular complexity index is 549. The van der Waals surface area contributed by atoms with Gasteiger partial charge in [-0.1, -0.05) is 12.1 Å². The zero-order valence-electron chi connectivity index (χ0n) is 10.4. The van der Waals surface area contributed by atoms with E-state index < -0.39 is 10.9 Å². The molecule has 1 aromatic rings. The number of carbonyl (C=O) groups is 1. The maximum Gasteiger partial charge on any atom is 0.310 e. The van der Waals surface area contributed by atoms with Gasteiger partial charge >= 0.3 is 5.97 Å². The standard InChI is InChI=1S/C12H13N3O4/c1-2-19-11(16)5-8-3-4-9(6-13)10(7-14)12(8)15(17)18/h3-4H,2,5-6,13H2,1H3. The molecule has 7 nitrogen and oxygen atoms in total. The van der Waals surface area contributed by atoms with Gasteiger partial charge in [0.15, 0.2) is 0 Å². The number of hydrogen-bond donors (Lipinski definition) is 1. The number of nitrogens with zero attached hydrogens (tertiary/aromatic N) is 2. The molecule has 0 atom stereocenters. The second-order valence-electron chi connectivity index (χ2n) is 3.66. The number of ether oxygens (including phenoxy) is 1. The molecule has 0 aliphatic rings. The van der Waals surface area contributed by atoms with Crippen LogP contribution < -0.4 is 5.73 Å². The average molecular weight is 263 g/mol. The second kappa shape index (κ2) is 6.47. The minimum absolute atomic E-state index is 0.0173. The van der Waals surface area contributed by atoms with E-state index in [1.165, 1.54) is 12.1 Å². The number of esters is 1. The highest BCUT2D eigenvalue weighted by atomic mass is 16.6. The number of nitrogens with two attached hydrogens (primary N) is 1.